The van der Waals surface area contributed by atoms with E-state index in [9.17, 15) is 9.59 Å². The predicted molar refractivity (Wildman–Crippen MR) is 80.4 cm³/mol. The third-order valence-electron chi connectivity index (χ3n) is 3.39. The lowest BCUT2D eigenvalue weighted by Gasteiger charge is -2.33. The minimum atomic E-state index is -0.390. The van der Waals surface area contributed by atoms with Crippen molar-refractivity contribution in [3.63, 3.8) is 0 Å². The van der Waals surface area contributed by atoms with E-state index in [1.165, 1.54) is 0 Å². The SMILES string of the molecule is CCOC(=O)COCCNC(=O)[C@@H](C)N1CCCC(Cl)C1. The maximum atomic E-state index is 12.0. The molecule has 1 heterocycles. The molecule has 6 nitrogen and oxygen atoms in total. The molecule has 1 aliphatic rings. The Labute approximate surface area is 131 Å². The van der Waals surface area contributed by atoms with Crippen molar-refractivity contribution in [2.75, 3.05) is 39.5 Å². The van der Waals surface area contributed by atoms with E-state index in [4.69, 9.17) is 21.1 Å². The molecule has 0 spiro atoms. The second-order valence-electron chi connectivity index (χ2n) is 5.06. The molecule has 0 aromatic heterocycles. The summed E-state index contributed by atoms with van der Waals surface area (Å²) >= 11 is 6.12. The second kappa shape index (κ2) is 9.97. The quantitative estimate of drug-likeness (QED) is 0.406. The van der Waals surface area contributed by atoms with Gasteiger partial charge in [-0.15, -0.1) is 11.6 Å². The van der Waals surface area contributed by atoms with Crippen molar-refractivity contribution in [3.05, 3.63) is 0 Å². The van der Waals surface area contributed by atoms with Gasteiger partial charge in [-0.1, -0.05) is 0 Å². The van der Waals surface area contributed by atoms with E-state index in [-0.39, 0.29) is 30.5 Å². The molecule has 21 heavy (non-hydrogen) atoms. The summed E-state index contributed by atoms with van der Waals surface area (Å²) in [5, 5.41) is 2.93. The number of nitrogens with one attached hydrogen (secondary N) is 1. The van der Waals surface area contributed by atoms with E-state index in [2.05, 4.69) is 10.2 Å². The van der Waals surface area contributed by atoms with Crippen molar-refractivity contribution >= 4 is 23.5 Å². The van der Waals surface area contributed by atoms with Gasteiger partial charge in [-0.2, -0.15) is 0 Å². The molecule has 7 heteroatoms. The van der Waals surface area contributed by atoms with Crippen LogP contribution in [0.5, 0.6) is 0 Å². The van der Waals surface area contributed by atoms with Crippen LogP contribution in [-0.4, -0.2) is 67.7 Å². The fourth-order valence-electron chi connectivity index (χ4n) is 2.22. The number of amides is 1. The number of ether oxygens (including phenoxy) is 2. The van der Waals surface area contributed by atoms with Gasteiger partial charge in [0.2, 0.25) is 5.91 Å². The molecular weight excluding hydrogens is 296 g/mol. The Kier molecular flexibility index (Phi) is 8.64. The van der Waals surface area contributed by atoms with Gasteiger partial charge in [0.05, 0.1) is 19.3 Å². The number of rotatable bonds is 8. The number of nitrogens with zero attached hydrogens (tertiary/aromatic N) is 1. The Balaban J connectivity index is 2.13. The highest BCUT2D eigenvalue weighted by atomic mass is 35.5. The van der Waals surface area contributed by atoms with Gasteiger partial charge in [-0.3, -0.25) is 9.69 Å². The zero-order valence-corrected chi connectivity index (χ0v) is 13.5. The maximum absolute atomic E-state index is 12.0. The number of hydrogen-bond acceptors (Lipinski definition) is 5. The summed E-state index contributed by atoms with van der Waals surface area (Å²) in [5.41, 5.74) is 0. The van der Waals surface area contributed by atoms with Crippen LogP contribution in [0.15, 0.2) is 0 Å². The fourth-order valence-corrected chi connectivity index (χ4v) is 2.55. The highest BCUT2D eigenvalue weighted by Gasteiger charge is 2.26. The van der Waals surface area contributed by atoms with Crippen LogP contribution in [0.3, 0.4) is 0 Å². The summed E-state index contributed by atoms with van der Waals surface area (Å²) in [6.45, 7) is 6.19. The first-order valence-electron chi connectivity index (χ1n) is 7.43. The highest BCUT2D eigenvalue weighted by molar-refractivity contribution is 6.20. The Morgan fingerprint density at radius 1 is 1.48 bits per heavy atom. The number of piperidine rings is 1. The third kappa shape index (κ3) is 7.11. The van der Waals surface area contributed by atoms with Crippen LogP contribution in [0.1, 0.15) is 26.7 Å². The predicted octanol–water partition coefficient (Wildman–Crippen LogP) is 0.774. The molecule has 2 atom stereocenters. The Morgan fingerprint density at radius 3 is 2.90 bits per heavy atom. The minimum Gasteiger partial charge on any atom is -0.464 e. The molecule has 1 rings (SSSR count). The Bertz CT molecular complexity index is 341. The summed E-state index contributed by atoms with van der Waals surface area (Å²) in [7, 11) is 0. The van der Waals surface area contributed by atoms with Crippen LogP contribution >= 0.6 is 11.6 Å². The van der Waals surface area contributed by atoms with Gasteiger partial charge >= 0.3 is 5.97 Å². The average molecular weight is 321 g/mol. The molecule has 1 saturated heterocycles. The van der Waals surface area contributed by atoms with E-state index in [0.717, 1.165) is 25.9 Å². The molecule has 1 unspecified atom stereocenters. The lowest BCUT2D eigenvalue weighted by atomic mass is 10.1. The van der Waals surface area contributed by atoms with Crippen molar-refractivity contribution in [1.82, 2.24) is 10.2 Å². The van der Waals surface area contributed by atoms with Gasteiger partial charge in [0.25, 0.3) is 0 Å². The molecule has 0 saturated carbocycles. The number of alkyl halides is 1. The zero-order chi connectivity index (χ0) is 15.7. The molecular formula is C14H25ClN2O4. The van der Waals surface area contributed by atoms with Crippen LogP contribution in [0.25, 0.3) is 0 Å². The summed E-state index contributed by atoms with van der Waals surface area (Å²) in [6.07, 6.45) is 2.03. The van der Waals surface area contributed by atoms with Crippen molar-refractivity contribution in [3.8, 4) is 0 Å². The average Bonchev–Trinajstić information content (AvgIpc) is 2.46. The summed E-state index contributed by atoms with van der Waals surface area (Å²) < 4.78 is 9.84. The van der Waals surface area contributed by atoms with Crippen LogP contribution in [0.2, 0.25) is 0 Å². The number of esters is 1. The number of likely N-dealkylation sites (tertiary alicyclic amines) is 1. The first kappa shape index (κ1) is 18.2. The number of carbonyl (C=O) groups is 2. The van der Waals surface area contributed by atoms with E-state index in [1.807, 2.05) is 6.92 Å². The van der Waals surface area contributed by atoms with Crippen molar-refractivity contribution in [2.45, 2.75) is 38.1 Å². The van der Waals surface area contributed by atoms with Gasteiger partial charge < -0.3 is 14.8 Å². The van der Waals surface area contributed by atoms with Crippen molar-refractivity contribution in [2.24, 2.45) is 0 Å². The largest absolute Gasteiger partial charge is 0.464 e. The molecule has 1 fully saturated rings. The standard InChI is InChI=1S/C14H25ClN2O4/c1-3-21-13(18)10-20-8-6-16-14(19)11(2)17-7-4-5-12(15)9-17/h11-12H,3-10H2,1-2H3,(H,16,19)/t11-,12?/m1/s1. The number of hydrogen-bond donors (Lipinski definition) is 1. The van der Waals surface area contributed by atoms with Gasteiger partial charge in [-0.05, 0) is 33.2 Å². The van der Waals surface area contributed by atoms with Gasteiger partial charge in [0.1, 0.15) is 6.61 Å². The highest BCUT2D eigenvalue weighted by Crippen LogP contribution is 2.17. The van der Waals surface area contributed by atoms with Crippen LogP contribution in [0, 0.1) is 0 Å². The maximum Gasteiger partial charge on any atom is 0.332 e. The van der Waals surface area contributed by atoms with Gasteiger partial charge in [-0.25, -0.2) is 4.79 Å². The molecule has 1 amide bonds. The third-order valence-corrected chi connectivity index (χ3v) is 3.75. The summed E-state index contributed by atoms with van der Waals surface area (Å²) in [5.74, 6) is -0.431. The Hall–Kier alpha value is -0.850. The molecule has 0 aromatic carbocycles. The fraction of sp³-hybridized carbons (Fsp3) is 0.857. The van der Waals surface area contributed by atoms with E-state index < -0.39 is 5.97 Å². The van der Waals surface area contributed by atoms with Crippen LogP contribution < -0.4 is 5.32 Å². The molecule has 1 aliphatic heterocycles. The van der Waals surface area contributed by atoms with E-state index >= 15 is 0 Å². The molecule has 0 radical (unpaired) electrons. The molecule has 0 aromatic rings. The summed E-state index contributed by atoms with van der Waals surface area (Å²) in [6, 6.07) is -0.198. The number of halogens is 1. The Morgan fingerprint density at radius 2 is 2.24 bits per heavy atom. The molecule has 0 bridgehead atoms. The van der Waals surface area contributed by atoms with Gasteiger partial charge in [0.15, 0.2) is 0 Å². The molecule has 122 valence electrons. The smallest absolute Gasteiger partial charge is 0.332 e. The number of carbonyl (C=O) groups excluding carboxylic acids is 2. The molecule has 1 N–H and O–H groups in total. The normalized spacial score (nSPS) is 20.8. The monoisotopic (exact) mass is 320 g/mol. The minimum absolute atomic E-state index is 0.0412. The molecule has 0 aliphatic carbocycles. The van der Waals surface area contributed by atoms with Crippen LogP contribution in [0.4, 0.5) is 0 Å². The topological polar surface area (TPSA) is 67.9 Å². The second-order valence-corrected chi connectivity index (χ2v) is 5.68. The van der Waals surface area contributed by atoms with Crippen molar-refractivity contribution < 1.29 is 19.1 Å². The summed E-state index contributed by atoms with van der Waals surface area (Å²) in [4.78, 5) is 25.1. The van der Waals surface area contributed by atoms with Gasteiger partial charge in [0, 0.05) is 18.5 Å². The van der Waals surface area contributed by atoms with Crippen LogP contribution in [-0.2, 0) is 19.1 Å². The first-order valence-corrected chi connectivity index (χ1v) is 7.87. The van der Waals surface area contributed by atoms with Crippen molar-refractivity contribution in [1.29, 1.82) is 0 Å². The zero-order valence-electron chi connectivity index (χ0n) is 12.8. The lowest BCUT2D eigenvalue weighted by Crippen LogP contribution is -2.49. The van der Waals surface area contributed by atoms with E-state index in [0.29, 0.717) is 13.2 Å². The lowest BCUT2D eigenvalue weighted by molar-refractivity contribution is -0.148. The van der Waals surface area contributed by atoms with E-state index in [1.54, 1.807) is 6.92 Å². The first-order chi connectivity index (χ1) is 10.0.